The number of benzene rings is 2. The Morgan fingerprint density at radius 1 is 1.03 bits per heavy atom. The number of nitrogens with zero attached hydrogens (tertiary/aromatic N) is 1. The third-order valence-electron chi connectivity index (χ3n) is 7.26. The molecule has 1 aliphatic rings. The minimum atomic E-state index is -0.968. The Bertz CT molecular complexity index is 998. The van der Waals surface area contributed by atoms with Gasteiger partial charge in [-0.1, -0.05) is 69.8 Å². The SMILES string of the molecule is C=C(CCc1ccccc1)C(=O)N(Cc1ccc(C(=O)O)cc1)C1(N)CCC(C(C)(C)C)CC1. The molecule has 5 nitrogen and oxygen atoms in total. The summed E-state index contributed by atoms with van der Waals surface area (Å²) < 4.78 is 0. The molecule has 0 bridgehead atoms. The summed E-state index contributed by atoms with van der Waals surface area (Å²) in [6, 6.07) is 16.8. The fourth-order valence-electron chi connectivity index (χ4n) is 4.86. The number of hydrogen-bond acceptors (Lipinski definition) is 3. The van der Waals surface area contributed by atoms with Crippen molar-refractivity contribution in [1.82, 2.24) is 4.90 Å². The number of carboxylic acid groups (broad SMARTS) is 1. The van der Waals surface area contributed by atoms with Crippen LogP contribution < -0.4 is 5.73 Å². The van der Waals surface area contributed by atoms with Gasteiger partial charge in [-0.25, -0.2) is 4.79 Å². The molecule has 2 aromatic rings. The van der Waals surface area contributed by atoms with Crippen molar-refractivity contribution in [2.24, 2.45) is 17.1 Å². The van der Waals surface area contributed by atoms with Gasteiger partial charge < -0.3 is 15.7 Å². The van der Waals surface area contributed by atoms with Gasteiger partial charge in [-0.2, -0.15) is 0 Å². The van der Waals surface area contributed by atoms with E-state index in [1.54, 1.807) is 29.2 Å². The molecule has 0 heterocycles. The lowest BCUT2D eigenvalue weighted by molar-refractivity contribution is -0.137. The van der Waals surface area contributed by atoms with Crippen molar-refractivity contribution in [2.75, 3.05) is 0 Å². The Morgan fingerprint density at radius 3 is 2.15 bits per heavy atom. The fourth-order valence-corrected chi connectivity index (χ4v) is 4.86. The molecule has 0 unspecified atom stereocenters. The van der Waals surface area contributed by atoms with Crippen molar-refractivity contribution in [3.05, 3.63) is 83.4 Å². The molecule has 1 amide bonds. The van der Waals surface area contributed by atoms with Gasteiger partial charge in [-0.15, -0.1) is 0 Å². The predicted octanol–water partition coefficient (Wildman–Crippen LogP) is 5.79. The van der Waals surface area contributed by atoms with Gasteiger partial charge in [0, 0.05) is 12.1 Å². The molecule has 0 aromatic heterocycles. The molecule has 0 saturated heterocycles. The van der Waals surface area contributed by atoms with Gasteiger partial charge in [0.15, 0.2) is 0 Å². The highest BCUT2D eigenvalue weighted by Crippen LogP contribution is 2.42. The van der Waals surface area contributed by atoms with Gasteiger partial charge in [0.25, 0.3) is 5.91 Å². The van der Waals surface area contributed by atoms with Gasteiger partial charge in [-0.3, -0.25) is 4.79 Å². The lowest BCUT2D eigenvalue weighted by Gasteiger charge is -2.48. The largest absolute Gasteiger partial charge is 0.478 e. The van der Waals surface area contributed by atoms with Crippen molar-refractivity contribution >= 4 is 11.9 Å². The standard InChI is InChI=1S/C29H38N2O3/c1-21(10-11-22-8-6-5-7-9-22)26(32)31(20-23-12-14-24(15-13-23)27(33)34)29(30)18-16-25(17-19-29)28(2,3)4/h5-9,12-15,25H,1,10-11,16-20,30H2,2-4H3,(H,33,34). The predicted molar refractivity (Wildman–Crippen MR) is 136 cm³/mol. The maximum Gasteiger partial charge on any atom is 0.335 e. The third kappa shape index (κ3) is 6.35. The summed E-state index contributed by atoms with van der Waals surface area (Å²) in [4.78, 5) is 26.7. The van der Waals surface area contributed by atoms with Crippen molar-refractivity contribution < 1.29 is 14.7 Å². The Morgan fingerprint density at radius 2 is 1.62 bits per heavy atom. The smallest absolute Gasteiger partial charge is 0.335 e. The van der Waals surface area contributed by atoms with Crippen LogP contribution in [0.1, 0.15) is 74.4 Å². The summed E-state index contributed by atoms with van der Waals surface area (Å²) in [5.74, 6) is -0.517. The van der Waals surface area contributed by atoms with Crippen LogP contribution in [-0.2, 0) is 17.8 Å². The number of amides is 1. The summed E-state index contributed by atoms with van der Waals surface area (Å²) in [5.41, 5.74) is 9.21. The fraction of sp³-hybridized carbons (Fsp3) is 0.448. The van der Waals surface area contributed by atoms with Crippen molar-refractivity contribution in [2.45, 2.75) is 71.5 Å². The normalized spacial score (nSPS) is 20.5. The van der Waals surface area contributed by atoms with Crippen LogP contribution in [0.4, 0.5) is 0 Å². The van der Waals surface area contributed by atoms with E-state index in [2.05, 4.69) is 39.5 Å². The molecule has 0 spiro atoms. The number of carbonyl (C=O) groups is 2. The van der Waals surface area contributed by atoms with Crippen LogP contribution in [0.15, 0.2) is 66.7 Å². The molecule has 182 valence electrons. The zero-order valence-corrected chi connectivity index (χ0v) is 20.7. The first-order valence-corrected chi connectivity index (χ1v) is 12.1. The molecule has 3 N–H and O–H groups in total. The number of carboxylic acids is 1. The Hall–Kier alpha value is -2.92. The van der Waals surface area contributed by atoms with Crippen LogP contribution in [0.25, 0.3) is 0 Å². The van der Waals surface area contributed by atoms with Crippen molar-refractivity contribution in [3.63, 3.8) is 0 Å². The molecule has 0 atom stereocenters. The van der Waals surface area contributed by atoms with Crippen LogP contribution in [0, 0.1) is 11.3 Å². The molecule has 0 radical (unpaired) electrons. The first kappa shape index (κ1) is 25.7. The van der Waals surface area contributed by atoms with Crippen LogP contribution >= 0.6 is 0 Å². The number of aromatic carboxylic acids is 1. The summed E-state index contributed by atoms with van der Waals surface area (Å²) >= 11 is 0. The summed E-state index contributed by atoms with van der Waals surface area (Å²) in [6.07, 6.45) is 4.73. The number of nitrogens with two attached hydrogens (primary N) is 1. The third-order valence-corrected chi connectivity index (χ3v) is 7.26. The van der Waals surface area contributed by atoms with E-state index >= 15 is 0 Å². The Balaban J connectivity index is 1.80. The molecule has 5 heteroatoms. The quantitative estimate of drug-likeness (QED) is 0.384. The minimum absolute atomic E-state index is 0.116. The van der Waals surface area contributed by atoms with Crippen molar-refractivity contribution in [3.8, 4) is 0 Å². The molecule has 1 aliphatic carbocycles. The van der Waals surface area contributed by atoms with Crippen molar-refractivity contribution in [1.29, 1.82) is 0 Å². The summed E-state index contributed by atoms with van der Waals surface area (Å²) in [6.45, 7) is 11.2. The van der Waals surface area contributed by atoms with E-state index in [9.17, 15) is 14.7 Å². The first-order valence-electron chi connectivity index (χ1n) is 12.1. The first-order chi connectivity index (χ1) is 16.0. The molecule has 1 saturated carbocycles. The number of carbonyl (C=O) groups excluding carboxylic acids is 1. The van der Waals surface area contributed by atoms with Gasteiger partial charge in [0.05, 0.1) is 11.2 Å². The number of rotatable bonds is 8. The van der Waals surface area contributed by atoms with Crippen LogP contribution in [-0.4, -0.2) is 27.5 Å². The topological polar surface area (TPSA) is 83.6 Å². The van der Waals surface area contributed by atoms with E-state index in [-0.39, 0.29) is 16.9 Å². The van der Waals surface area contributed by atoms with Crippen LogP contribution in [0.5, 0.6) is 0 Å². The van der Waals surface area contributed by atoms with E-state index in [1.165, 1.54) is 5.56 Å². The Labute approximate surface area is 203 Å². The van der Waals surface area contributed by atoms with Gasteiger partial charge in [0.2, 0.25) is 0 Å². The average Bonchev–Trinajstić information content (AvgIpc) is 2.81. The highest BCUT2D eigenvalue weighted by Gasteiger charge is 2.42. The maximum atomic E-state index is 13.7. The highest BCUT2D eigenvalue weighted by atomic mass is 16.4. The van der Waals surface area contributed by atoms with E-state index in [4.69, 9.17) is 5.73 Å². The van der Waals surface area contributed by atoms with Gasteiger partial charge in [0.1, 0.15) is 0 Å². The van der Waals surface area contributed by atoms with E-state index in [0.29, 0.717) is 24.5 Å². The molecular formula is C29H38N2O3. The lowest BCUT2D eigenvalue weighted by atomic mass is 9.69. The van der Waals surface area contributed by atoms with Crippen LogP contribution in [0.3, 0.4) is 0 Å². The highest BCUT2D eigenvalue weighted by molar-refractivity contribution is 5.93. The zero-order valence-electron chi connectivity index (χ0n) is 20.7. The minimum Gasteiger partial charge on any atom is -0.478 e. The second kappa shape index (κ2) is 10.6. The summed E-state index contributed by atoms with van der Waals surface area (Å²) in [5, 5.41) is 9.21. The average molecular weight is 463 g/mol. The Kier molecular flexibility index (Phi) is 7.98. The second-order valence-electron chi connectivity index (χ2n) is 10.7. The van der Waals surface area contributed by atoms with E-state index in [0.717, 1.165) is 37.7 Å². The molecule has 1 fully saturated rings. The number of aryl methyl sites for hydroxylation is 1. The zero-order chi connectivity index (χ0) is 24.9. The molecule has 0 aliphatic heterocycles. The summed E-state index contributed by atoms with van der Waals surface area (Å²) in [7, 11) is 0. The van der Waals surface area contributed by atoms with E-state index < -0.39 is 11.6 Å². The number of hydrogen-bond donors (Lipinski definition) is 2. The van der Waals surface area contributed by atoms with E-state index in [1.807, 2.05) is 18.2 Å². The molecule has 2 aromatic carbocycles. The molecular weight excluding hydrogens is 424 g/mol. The van der Waals surface area contributed by atoms with Gasteiger partial charge >= 0.3 is 5.97 Å². The van der Waals surface area contributed by atoms with Gasteiger partial charge in [-0.05, 0) is 73.1 Å². The van der Waals surface area contributed by atoms with Crippen LogP contribution in [0.2, 0.25) is 0 Å². The maximum absolute atomic E-state index is 13.7. The lowest BCUT2D eigenvalue weighted by Crippen LogP contribution is -2.60. The monoisotopic (exact) mass is 462 g/mol. The second-order valence-corrected chi connectivity index (χ2v) is 10.7. The molecule has 3 rings (SSSR count). The molecule has 34 heavy (non-hydrogen) atoms.